The molecule has 1 aliphatic carbocycles. The Hall–Kier alpha value is -3.01. The topological polar surface area (TPSA) is 122 Å². The Balaban J connectivity index is 1.53. The van der Waals surface area contributed by atoms with Crippen molar-refractivity contribution < 1.29 is 19.4 Å². The normalized spacial score (nSPS) is 22.4. The number of nitrogens with one attached hydrogen (secondary N) is 1. The zero-order valence-corrected chi connectivity index (χ0v) is 20.4. The third-order valence-electron chi connectivity index (χ3n) is 6.46. The number of pyridine rings is 1. The van der Waals surface area contributed by atoms with Crippen LogP contribution in [0, 0.1) is 5.41 Å². The monoisotopic (exact) mass is 470 g/mol. The van der Waals surface area contributed by atoms with E-state index in [0.29, 0.717) is 17.5 Å². The summed E-state index contributed by atoms with van der Waals surface area (Å²) in [6.07, 6.45) is 3.44. The van der Waals surface area contributed by atoms with Gasteiger partial charge in [-0.25, -0.2) is 9.67 Å². The standard InChI is InChI=1S/C24H34N6O4/c1-14(17-7-6-8-20(26-17)34-5)25-22(32)19-11-16(31)12-29(19)23(33)21(24(2,3)4)30-13-18(27-28-30)15-9-10-15/h6-8,13-16,19,21,31H,9-12H2,1-5H3,(H,25,32)/t14?,16?,19?,21-/m1/s1. The molecule has 3 heterocycles. The highest BCUT2D eigenvalue weighted by atomic mass is 16.5. The first-order valence-corrected chi connectivity index (χ1v) is 11.8. The Morgan fingerprint density at radius 3 is 2.65 bits per heavy atom. The molecule has 0 spiro atoms. The van der Waals surface area contributed by atoms with Crippen LogP contribution in [0.3, 0.4) is 0 Å². The quantitative estimate of drug-likeness (QED) is 0.634. The zero-order chi connectivity index (χ0) is 24.6. The second kappa shape index (κ2) is 9.32. The van der Waals surface area contributed by atoms with Gasteiger partial charge in [0.05, 0.1) is 30.6 Å². The van der Waals surface area contributed by atoms with Gasteiger partial charge in [0.15, 0.2) is 0 Å². The molecule has 2 aromatic rings. The van der Waals surface area contributed by atoms with Crippen LogP contribution in [0.15, 0.2) is 24.4 Å². The van der Waals surface area contributed by atoms with Crippen LogP contribution < -0.4 is 10.1 Å². The minimum atomic E-state index is -0.785. The number of β-amino-alcohol motifs (C(OH)–C–C–N with tert-alkyl or cyclic N) is 1. The maximum Gasteiger partial charge on any atom is 0.248 e. The molecule has 2 fully saturated rings. The van der Waals surface area contributed by atoms with Crippen LogP contribution in [0.2, 0.25) is 0 Å². The average Bonchev–Trinajstić information content (AvgIpc) is 3.39. The van der Waals surface area contributed by atoms with E-state index in [4.69, 9.17) is 4.74 Å². The molecule has 3 unspecified atom stereocenters. The maximum absolute atomic E-state index is 13.8. The van der Waals surface area contributed by atoms with Crippen LogP contribution in [0.25, 0.3) is 0 Å². The number of carbonyl (C=O) groups excluding carboxylic acids is 2. The van der Waals surface area contributed by atoms with Crippen molar-refractivity contribution in [1.29, 1.82) is 0 Å². The maximum atomic E-state index is 13.8. The number of ether oxygens (including phenoxy) is 1. The third kappa shape index (κ3) is 5.06. The highest BCUT2D eigenvalue weighted by Gasteiger charge is 2.45. The molecule has 34 heavy (non-hydrogen) atoms. The Kier molecular flexibility index (Phi) is 6.62. The van der Waals surface area contributed by atoms with E-state index in [-0.39, 0.29) is 24.8 Å². The molecule has 1 saturated carbocycles. The molecule has 2 aliphatic rings. The number of carbonyl (C=O) groups is 2. The van der Waals surface area contributed by atoms with E-state index in [9.17, 15) is 14.7 Å². The van der Waals surface area contributed by atoms with Crippen molar-refractivity contribution >= 4 is 11.8 Å². The fourth-order valence-corrected chi connectivity index (χ4v) is 4.50. The zero-order valence-electron chi connectivity index (χ0n) is 20.4. The first-order chi connectivity index (χ1) is 16.1. The fourth-order valence-electron chi connectivity index (χ4n) is 4.50. The van der Waals surface area contributed by atoms with E-state index in [1.54, 1.807) is 22.9 Å². The summed E-state index contributed by atoms with van der Waals surface area (Å²) in [5.41, 5.74) is 1.07. The van der Waals surface area contributed by atoms with Gasteiger partial charge in [-0.2, -0.15) is 0 Å². The van der Waals surface area contributed by atoms with E-state index in [1.165, 1.54) is 12.0 Å². The smallest absolute Gasteiger partial charge is 0.248 e. The SMILES string of the molecule is COc1cccc(C(C)NC(=O)C2CC(O)CN2C(=O)[C@@H](n2cc(C3CC3)nn2)C(C)(C)C)n1. The van der Waals surface area contributed by atoms with Gasteiger partial charge < -0.3 is 20.1 Å². The van der Waals surface area contributed by atoms with Gasteiger partial charge in [0.25, 0.3) is 0 Å². The van der Waals surface area contributed by atoms with Gasteiger partial charge in [0.1, 0.15) is 12.1 Å². The van der Waals surface area contributed by atoms with E-state index in [0.717, 1.165) is 18.5 Å². The number of amides is 2. The molecule has 184 valence electrons. The molecule has 2 aromatic heterocycles. The molecule has 1 saturated heterocycles. The Morgan fingerprint density at radius 2 is 2.00 bits per heavy atom. The summed E-state index contributed by atoms with van der Waals surface area (Å²) in [6.45, 7) is 7.81. The van der Waals surface area contributed by atoms with Gasteiger partial charge >= 0.3 is 0 Å². The predicted molar refractivity (Wildman–Crippen MR) is 124 cm³/mol. The number of nitrogens with zero attached hydrogens (tertiary/aromatic N) is 5. The molecule has 2 N–H and O–H groups in total. The number of aliphatic hydroxyl groups excluding tert-OH is 1. The average molecular weight is 471 g/mol. The Bertz CT molecular complexity index is 1040. The van der Waals surface area contributed by atoms with Crippen LogP contribution in [0.1, 0.15) is 76.3 Å². The van der Waals surface area contributed by atoms with Crippen LogP contribution in [-0.4, -0.2) is 67.6 Å². The van der Waals surface area contributed by atoms with Gasteiger partial charge in [0, 0.05) is 31.1 Å². The lowest BCUT2D eigenvalue weighted by atomic mass is 9.85. The van der Waals surface area contributed by atoms with Crippen molar-refractivity contribution in [1.82, 2.24) is 30.2 Å². The molecule has 1 aliphatic heterocycles. The van der Waals surface area contributed by atoms with Crippen LogP contribution in [-0.2, 0) is 9.59 Å². The lowest BCUT2D eigenvalue weighted by Crippen LogP contribution is -2.50. The molecule has 10 nitrogen and oxygen atoms in total. The van der Waals surface area contributed by atoms with Crippen molar-refractivity contribution in [2.45, 2.75) is 77.1 Å². The minimum absolute atomic E-state index is 0.0967. The molecule has 0 bridgehead atoms. The second-order valence-corrected chi connectivity index (χ2v) is 10.4. The first kappa shape index (κ1) is 24.1. The van der Waals surface area contributed by atoms with Gasteiger partial charge in [-0.3, -0.25) is 9.59 Å². The first-order valence-electron chi connectivity index (χ1n) is 11.8. The lowest BCUT2D eigenvalue weighted by Gasteiger charge is -2.34. The van der Waals surface area contributed by atoms with Crippen LogP contribution in [0.5, 0.6) is 5.88 Å². The lowest BCUT2D eigenvalue weighted by molar-refractivity contribution is -0.144. The van der Waals surface area contributed by atoms with Gasteiger partial charge in [-0.15, -0.1) is 5.10 Å². The molecule has 2 amide bonds. The van der Waals surface area contributed by atoms with Crippen LogP contribution >= 0.6 is 0 Å². The highest BCUT2D eigenvalue weighted by molar-refractivity contribution is 5.90. The summed E-state index contributed by atoms with van der Waals surface area (Å²) in [4.78, 5) is 32.9. The molecule has 0 radical (unpaired) electrons. The second-order valence-electron chi connectivity index (χ2n) is 10.4. The van der Waals surface area contributed by atoms with Crippen LogP contribution in [0.4, 0.5) is 0 Å². The van der Waals surface area contributed by atoms with Gasteiger partial charge in [-0.05, 0) is 31.2 Å². The summed E-state index contributed by atoms with van der Waals surface area (Å²) >= 11 is 0. The van der Waals surface area contributed by atoms with Crippen molar-refractivity contribution in [3.05, 3.63) is 35.8 Å². The Morgan fingerprint density at radius 1 is 1.26 bits per heavy atom. The highest BCUT2D eigenvalue weighted by Crippen LogP contribution is 2.40. The molecular formula is C24H34N6O4. The largest absolute Gasteiger partial charge is 0.481 e. The van der Waals surface area contributed by atoms with Crippen molar-refractivity contribution in [2.24, 2.45) is 5.41 Å². The molecular weight excluding hydrogens is 436 g/mol. The van der Waals surface area contributed by atoms with Gasteiger partial charge in [-0.1, -0.05) is 32.1 Å². The predicted octanol–water partition coefficient (Wildman–Crippen LogP) is 1.99. The fraction of sp³-hybridized carbons (Fsp3) is 0.625. The Labute approximate surface area is 199 Å². The number of aliphatic hydroxyl groups is 1. The number of hydrogen-bond donors (Lipinski definition) is 2. The van der Waals surface area contributed by atoms with Crippen molar-refractivity contribution in [3.63, 3.8) is 0 Å². The van der Waals surface area contributed by atoms with Gasteiger partial charge in [0.2, 0.25) is 17.7 Å². The number of methoxy groups -OCH3 is 1. The van der Waals surface area contributed by atoms with E-state index in [2.05, 4.69) is 20.6 Å². The number of hydrogen-bond acceptors (Lipinski definition) is 7. The minimum Gasteiger partial charge on any atom is -0.481 e. The number of likely N-dealkylation sites (tertiary alicyclic amines) is 1. The number of rotatable bonds is 7. The summed E-state index contributed by atoms with van der Waals surface area (Å²) in [5, 5.41) is 21.9. The molecule has 4 atom stereocenters. The molecule has 0 aromatic carbocycles. The third-order valence-corrected chi connectivity index (χ3v) is 6.46. The number of aromatic nitrogens is 4. The van der Waals surface area contributed by atoms with Crippen molar-refractivity contribution in [3.8, 4) is 5.88 Å². The van der Waals surface area contributed by atoms with E-state index < -0.39 is 29.6 Å². The summed E-state index contributed by atoms with van der Waals surface area (Å²) < 4.78 is 6.79. The summed E-state index contributed by atoms with van der Waals surface area (Å²) in [5.74, 6) is 0.303. The van der Waals surface area contributed by atoms with E-state index in [1.807, 2.05) is 33.9 Å². The molecule has 10 heteroatoms. The summed E-state index contributed by atoms with van der Waals surface area (Å²) in [7, 11) is 1.53. The summed E-state index contributed by atoms with van der Waals surface area (Å²) in [6, 6.07) is 3.51. The van der Waals surface area contributed by atoms with Crippen molar-refractivity contribution in [2.75, 3.05) is 13.7 Å². The van der Waals surface area contributed by atoms with E-state index >= 15 is 0 Å². The molecule has 4 rings (SSSR count).